The third-order valence-corrected chi connectivity index (χ3v) is 3.90. The van der Waals surface area contributed by atoms with E-state index in [9.17, 15) is 4.79 Å². The number of ether oxygens (including phenoxy) is 2. The van der Waals surface area contributed by atoms with Gasteiger partial charge in [0.1, 0.15) is 11.5 Å². The first kappa shape index (κ1) is 15.7. The van der Waals surface area contributed by atoms with E-state index in [1.54, 1.807) is 7.11 Å². The summed E-state index contributed by atoms with van der Waals surface area (Å²) in [7, 11) is 1.63. The fourth-order valence-electron chi connectivity index (χ4n) is 2.62. The molecule has 0 unspecified atom stereocenters. The first-order valence-electron chi connectivity index (χ1n) is 7.84. The summed E-state index contributed by atoms with van der Waals surface area (Å²) in [5.41, 5.74) is 0. The molecule has 0 N–H and O–H groups in total. The predicted molar refractivity (Wildman–Crippen MR) is 82.7 cm³/mol. The molecule has 1 aliphatic heterocycles. The average molecular weight is 291 g/mol. The molecule has 1 heterocycles. The van der Waals surface area contributed by atoms with Gasteiger partial charge in [-0.3, -0.25) is 4.79 Å². The van der Waals surface area contributed by atoms with Crippen molar-refractivity contribution in [2.45, 2.75) is 45.1 Å². The predicted octanol–water partition coefficient (Wildman–Crippen LogP) is 3.26. The van der Waals surface area contributed by atoms with Crippen LogP contribution in [0.25, 0.3) is 0 Å². The highest BCUT2D eigenvalue weighted by molar-refractivity contribution is 5.81. The molecule has 0 aliphatic carbocycles. The lowest BCUT2D eigenvalue weighted by Gasteiger charge is -2.26. The van der Waals surface area contributed by atoms with Crippen LogP contribution < -0.4 is 9.47 Å². The van der Waals surface area contributed by atoms with Gasteiger partial charge in [0.25, 0.3) is 5.91 Å². The van der Waals surface area contributed by atoms with Crippen molar-refractivity contribution in [1.82, 2.24) is 4.90 Å². The molecule has 0 spiro atoms. The second kappa shape index (κ2) is 7.91. The zero-order chi connectivity index (χ0) is 15.1. The van der Waals surface area contributed by atoms with E-state index < -0.39 is 6.10 Å². The molecule has 1 aromatic rings. The van der Waals surface area contributed by atoms with E-state index in [1.807, 2.05) is 36.1 Å². The standard InChI is InChI=1S/C17H25NO3/c1-3-16(17(19)18-12-6-4-5-7-13-18)21-15-10-8-14(20-2)9-11-15/h8-11,16H,3-7,12-13H2,1-2H3/t16-/m1/s1. The van der Waals surface area contributed by atoms with Crippen molar-refractivity contribution in [2.75, 3.05) is 20.2 Å². The van der Waals surface area contributed by atoms with Gasteiger partial charge in [-0.1, -0.05) is 19.8 Å². The van der Waals surface area contributed by atoms with Gasteiger partial charge in [-0.2, -0.15) is 0 Å². The van der Waals surface area contributed by atoms with Crippen LogP contribution in [0.1, 0.15) is 39.0 Å². The number of nitrogens with zero attached hydrogens (tertiary/aromatic N) is 1. The smallest absolute Gasteiger partial charge is 0.263 e. The fraction of sp³-hybridized carbons (Fsp3) is 0.588. The highest BCUT2D eigenvalue weighted by atomic mass is 16.5. The molecule has 0 bridgehead atoms. The molecular weight excluding hydrogens is 266 g/mol. The highest BCUT2D eigenvalue weighted by Crippen LogP contribution is 2.20. The third kappa shape index (κ3) is 4.38. The molecular formula is C17H25NO3. The van der Waals surface area contributed by atoms with Gasteiger partial charge in [-0.25, -0.2) is 0 Å². The number of hydrogen-bond acceptors (Lipinski definition) is 3. The summed E-state index contributed by atoms with van der Waals surface area (Å²) in [6.07, 6.45) is 4.94. The van der Waals surface area contributed by atoms with Gasteiger partial charge in [0.2, 0.25) is 0 Å². The van der Waals surface area contributed by atoms with E-state index in [0.717, 1.165) is 31.7 Å². The van der Waals surface area contributed by atoms with Crippen molar-refractivity contribution in [3.05, 3.63) is 24.3 Å². The molecule has 1 aliphatic rings. The van der Waals surface area contributed by atoms with E-state index in [4.69, 9.17) is 9.47 Å². The summed E-state index contributed by atoms with van der Waals surface area (Å²) in [6, 6.07) is 7.38. The first-order valence-corrected chi connectivity index (χ1v) is 7.84. The lowest BCUT2D eigenvalue weighted by molar-refractivity contribution is -0.138. The van der Waals surface area contributed by atoms with Gasteiger partial charge in [0, 0.05) is 13.1 Å². The summed E-state index contributed by atoms with van der Waals surface area (Å²) in [4.78, 5) is 14.5. The van der Waals surface area contributed by atoms with Crippen molar-refractivity contribution < 1.29 is 14.3 Å². The van der Waals surface area contributed by atoms with E-state index in [1.165, 1.54) is 12.8 Å². The molecule has 1 atom stereocenters. The maximum Gasteiger partial charge on any atom is 0.263 e. The average Bonchev–Trinajstić information content (AvgIpc) is 2.81. The molecule has 0 aromatic heterocycles. The highest BCUT2D eigenvalue weighted by Gasteiger charge is 2.25. The first-order chi connectivity index (χ1) is 10.2. The monoisotopic (exact) mass is 291 g/mol. The molecule has 4 heteroatoms. The van der Waals surface area contributed by atoms with Gasteiger partial charge in [-0.05, 0) is 43.5 Å². The fourth-order valence-corrected chi connectivity index (χ4v) is 2.62. The Labute approximate surface area is 127 Å². The zero-order valence-electron chi connectivity index (χ0n) is 13.0. The quantitative estimate of drug-likeness (QED) is 0.836. The van der Waals surface area contributed by atoms with Crippen LogP contribution in [0, 0.1) is 0 Å². The Kier molecular flexibility index (Phi) is 5.90. The summed E-state index contributed by atoms with van der Waals surface area (Å²) in [6.45, 7) is 3.71. The number of methoxy groups -OCH3 is 1. The van der Waals surface area contributed by atoms with Crippen molar-refractivity contribution in [1.29, 1.82) is 0 Å². The minimum atomic E-state index is -0.392. The van der Waals surface area contributed by atoms with Crippen LogP contribution in [-0.2, 0) is 4.79 Å². The second-order valence-corrected chi connectivity index (χ2v) is 5.43. The van der Waals surface area contributed by atoms with E-state index in [0.29, 0.717) is 12.2 Å². The normalized spacial score (nSPS) is 17.0. The minimum Gasteiger partial charge on any atom is -0.497 e. The molecule has 2 rings (SSSR count). The summed E-state index contributed by atoms with van der Waals surface area (Å²) in [5, 5.41) is 0. The Morgan fingerprint density at radius 3 is 2.19 bits per heavy atom. The SMILES string of the molecule is CC[C@@H](Oc1ccc(OC)cc1)C(=O)N1CCCCCC1. The van der Waals surface area contributed by atoms with Crippen LogP contribution in [0.15, 0.2) is 24.3 Å². The van der Waals surface area contributed by atoms with Crippen LogP contribution in [0.2, 0.25) is 0 Å². The van der Waals surface area contributed by atoms with E-state index in [2.05, 4.69) is 0 Å². The lowest BCUT2D eigenvalue weighted by Crippen LogP contribution is -2.42. The largest absolute Gasteiger partial charge is 0.497 e. The van der Waals surface area contributed by atoms with Crippen LogP contribution >= 0.6 is 0 Å². The molecule has 21 heavy (non-hydrogen) atoms. The van der Waals surface area contributed by atoms with Gasteiger partial charge in [-0.15, -0.1) is 0 Å². The van der Waals surface area contributed by atoms with Crippen LogP contribution in [0.3, 0.4) is 0 Å². The Hall–Kier alpha value is -1.71. The van der Waals surface area contributed by atoms with E-state index >= 15 is 0 Å². The molecule has 1 fully saturated rings. The summed E-state index contributed by atoms with van der Waals surface area (Å²) < 4.78 is 11.0. The minimum absolute atomic E-state index is 0.121. The molecule has 116 valence electrons. The second-order valence-electron chi connectivity index (χ2n) is 5.43. The summed E-state index contributed by atoms with van der Waals surface area (Å²) in [5.74, 6) is 1.62. The van der Waals surface area contributed by atoms with Gasteiger partial charge in [0.15, 0.2) is 6.10 Å². The van der Waals surface area contributed by atoms with Crippen molar-refractivity contribution >= 4 is 5.91 Å². The van der Waals surface area contributed by atoms with Gasteiger partial charge >= 0.3 is 0 Å². The number of hydrogen-bond donors (Lipinski definition) is 0. The Bertz CT molecular complexity index is 436. The number of benzene rings is 1. The maximum atomic E-state index is 12.6. The number of carbonyl (C=O) groups excluding carboxylic acids is 1. The number of likely N-dealkylation sites (tertiary alicyclic amines) is 1. The molecule has 1 amide bonds. The van der Waals surface area contributed by atoms with Crippen LogP contribution in [0.5, 0.6) is 11.5 Å². The molecule has 4 nitrogen and oxygen atoms in total. The Balaban J connectivity index is 1.98. The van der Waals surface area contributed by atoms with Crippen molar-refractivity contribution in [3.63, 3.8) is 0 Å². The van der Waals surface area contributed by atoms with Crippen LogP contribution in [-0.4, -0.2) is 37.1 Å². The van der Waals surface area contributed by atoms with Crippen molar-refractivity contribution in [2.24, 2.45) is 0 Å². The number of rotatable bonds is 5. The number of amides is 1. The van der Waals surface area contributed by atoms with Gasteiger partial charge in [0.05, 0.1) is 7.11 Å². The Morgan fingerprint density at radius 1 is 1.10 bits per heavy atom. The Morgan fingerprint density at radius 2 is 1.67 bits per heavy atom. The molecule has 0 radical (unpaired) electrons. The van der Waals surface area contributed by atoms with Crippen molar-refractivity contribution in [3.8, 4) is 11.5 Å². The number of carbonyl (C=O) groups is 1. The zero-order valence-corrected chi connectivity index (χ0v) is 13.0. The summed E-state index contributed by atoms with van der Waals surface area (Å²) >= 11 is 0. The topological polar surface area (TPSA) is 38.8 Å². The van der Waals surface area contributed by atoms with Crippen LogP contribution in [0.4, 0.5) is 0 Å². The molecule has 1 saturated heterocycles. The third-order valence-electron chi connectivity index (χ3n) is 3.90. The lowest BCUT2D eigenvalue weighted by atomic mass is 10.2. The van der Waals surface area contributed by atoms with E-state index in [-0.39, 0.29) is 5.91 Å². The maximum absolute atomic E-state index is 12.6. The molecule has 1 aromatic carbocycles. The molecule has 0 saturated carbocycles. The van der Waals surface area contributed by atoms with Gasteiger partial charge < -0.3 is 14.4 Å².